The van der Waals surface area contributed by atoms with Crippen LogP contribution < -0.4 is 0 Å². The average molecular weight is 186 g/mol. The number of carboxylic acid groups (broad SMARTS) is 1. The first-order chi connectivity index (χ1) is 5.74. The number of hydrogen-bond donors (Lipinski definition) is 1. The van der Waals surface area contributed by atoms with E-state index in [2.05, 4.69) is 4.98 Å². The molecule has 0 radical (unpaired) electrons. The molecule has 0 amide bonds. The van der Waals surface area contributed by atoms with Gasteiger partial charge >= 0.3 is 5.97 Å². The molecule has 0 saturated heterocycles. The van der Waals surface area contributed by atoms with E-state index < -0.39 is 5.97 Å². The Morgan fingerprint density at radius 3 is 2.92 bits per heavy atom. The second-order valence-electron chi connectivity index (χ2n) is 2.53. The summed E-state index contributed by atoms with van der Waals surface area (Å²) in [7, 11) is 0. The summed E-state index contributed by atoms with van der Waals surface area (Å²) < 4.78 is 1.87. The molecule has 0 aliphatic heterocycles. The Morgan fingerprint density at radius 2 is 2.38 bits per heavy atom. The molecule has 13 heavy (non-hydrogen) atoms. The second kappa shape index (κ2) is 5.31. The fraction of sp³-hybridized carbons (Fsp3) is 0.500. The number of aromatic nitrogens is 2. The molecule has 0 fully saturated rings. The lowest BCUT2D eigenvalue weighted by Crippen LogP contribution is -2.06. The van der Waals surface area contributed by atoms with E-state index in [1.54, 1.807) is 6.20 Å². The molecule has 5 nitrogen and oxygen atoms in total. The lowest BCUT2D eigenvalue weighted by molar-refractivity contribution is -0.137. The highest BCUT2D eigenvalue weighted by Crippen LogP contribution is 1.99. The standard InChI is InChI=1S/C8H12N2O2.H2O/c1-2-7-9-4-6-10(7)5-3-8(11)12;/h4,6H,2-3,5H2,1H3,(H,11,12);1H2. The van der Waals surface area contributed by atoms with Gasteiger partial charge in [-0.3, -0.25) is 4.79 Å². The smallest absolute Gasteiger partial charge is 0.305 e. The van der Waals surface area contributed by atoms with Crippen LogP contribution in [0.5, 0.6) is 0 Å². The van der Waals surface area contributed by atoms with Crippen molar-refractivity contribution < 1.29 is 15.4 Å². The summed E-state index contributed by atoms with van der Waals surface area (Å²) >= 11 is 0. The zero-order chi connectivity index (χ0) is 8.97. The highest BCUT2D eigenvalue weighted by molar-refractivity contribution is 5.66. The zero-order valence-corrected chi connectivity index (χ0v) is 7.53. The maximum absolute atomic E-state index is 10.3. The molecule has 0 aliphatic rings. The van der Waals surface area contributed by atoms with Gasteiger partial charge < -0.3 is 15.1 Å². The highest BCUT2D eigenvalue weighted by atomic mass is 16.4. The fourth-order valence-electron chi connectivity index (χ4n) is 1.07. The molecule has 0 atom stereocenters. The summed E-state index contributed by atoms with van der Waals surface area (Å²) in [6.07, 6.45) is 4.50. The third-order valence-corrected chi connectivity index (χ3v) is 1.68. The van der Waals surface area contributed by atoms with Crippen LogP contribution in [0.3, 0.4) is 0 Å². The van der Waals surface area contributed by atoms with E-state index in [9.17, 15) is 4.79 Å². The number of hydrogen-bond acceptors (Lipinski definition) is 2. The largest absolute Gasteiger partial charge is 0.481 e. The van der Waals surface area contributed by atoms with Gasteiger partial charge in [0.2, 0.25) is 0 Å². The van der Waals surface area contributed by atoms with E-state index in [4.69, 9.17) is 5.11 Å². The van der Waals surface area contributed by atoms with Gasteiger partial charge in [-0.25, -0.2) is 4.98 Å². The second-order valence-corrected chi connectivity index (χ2v) is 2.53. The summed E-state index contributed by atoms with van der Waals surface area (Å²) in [5.74, 6) is 0.169. The molecule has 0 bridgehead atoms. The Labute approximate surface area is 76.3 Å². The molecule has 0 unspecified atom stereocenters. The minimum Gasteiger partial charge on any atom is -0.481 e. The third kappa shape index (κ3) is 3.25. The SMILES string of the molecule is CCc1nccn1CCC(=O)O.O. The van der Waals surface area contributed by atoms with Crippen LogP contribution in [0.25, 0.3) is 0 Å². The maximum Gasteiger partial charge on any atom is 0.305 e. The van der Waals surface area contributed by atoms with E-state index in [1.165, 1.54) is 0 Å². The molecule has 1 aromatic heterocycles. The van der Waals surface area contributed by atoms with Crippen molar-refractivity contribution in [3.8, 4) is 0 Å². The molecule has 0 aromatic carbocycles. The molecule has 0 spiro atoms. The Morgan fingerprint density at radius 1 is 1.69 bits per heavy atom. The van der Waals surface area contributed by atoms with Crippen LogP contribution in [-0.4, -0.2) is 26.1 Å². The van der Waals surface area contributed by atoms with Crippen molar-refractivity contribution in [3.05, 3.63) is 18.2 Å². The van der Waals surface area contributed by atoms with Crippen molar-refractivity contribution in [1.29, 1.82) is 0 Å². The van der Waals surface area contributed by atoms with Gasteiger partial charge in [0, 0.05) is 25.4 Å². The van der Waals surface area contributed by atoms with Gasteiger partial charge in [-0.15, -0.1) is 0 Å². The van der Waals surface area contributed by atoms with Crippen molar-refractivity contribution in [2.75, 3.05) is 0 Å². The van der Waals surface area contributed by atoms with Gasteiger partial charge in [0.1, 0.15) is 5.82 Å². The third-order valence-electron chi connectivity index (χ3n) is 1.68. The molecule has 74 valence electrons. The van der Waals surface area contributed by atoms with Crippen molar-refractivity contribution in [2.24, 2.45) is 0 Å². The van der Waals surface area contributed by atoms with Crippen LogP contribution in [0.1, 0.15) is 19.2 Å². The zero-order valence-electron chi connectivity index (χ0n) is 7.53. The highest BCUT2D eigenvalue weighted by Gasteiger charge is 2.01. The predicted molar refractivity (Wildman–Crippen MR) is 47.5 cm³/mol. The van der Waals surface area contributed by atoms with Gasteiger partial charge in [-0.1, -0.05) is 6.92 Å². The van der Waals surface area contributed by atoms with Crippen LogP contribution in [-0.2, 0) is 17.8 Å². The number of imidazole rings is 1. The Bertz CT molecular complexity index is 270. The summed E-state index contributed by atoms with van der Waals surface area (Å²) in [6, 6.07) is 0. The average Bonchev–Trinajstić information content (AvgIpc) is 2.47. The number of nitrogens with zero attached hydrogens (tertiary/aromatic N) is 2. The van der Waals surface area contributed by atoms with E-state index >= 15 is 0 Å². The number of carboxylic acids is 1. The quantitative estimate of drug-likeness (QED) is 0.723. The molecule has 3 N–H and O–H groups in total. The van der Waals surface area contributed by atoms with Crippen molar-refractivity contribution in [3.63, 3.8) is 0 Å². The van der Waals surface area contributed by atoms with E-state index in [-0.39, 0.29) is 11.9 Å². The Kier molecular flexibility index (Phi) is 4.76. The first-order valence-electron chi connectivity index (χ1n) is 3.96. The van der Waals surface area contributed by atoms with Gasteiger partial charge in [0.25, 0.3) is 0 Å². The summed E-state index contributed by atoms with van der Waals surface area (Å²) in [5.41, 5.74) is 0. The van der Waals surface area contributed by atoms with Gasteiger partial charge in [0.05, 0.1) is 6.42 Å². The van der Waals surface area contributed by atoms with E-state index in [0.717, 1.165) is 12.2 Å². The van der Waals surface area contributed by atoms with E-state index in [0.29, 0.717) is 6.54 Å². The lowest BCUT2D eigenvalue weighted by atomic mass is 10.4. The fourth-order valence-corrected chi connectivity index (χ4v) is 1.07. The van der Waals surface area contributed by atoms with Gasteiger partial charge in [0.15, 0.2) is 0 Å². The predicted octanol–water partition coefficient (Wildman–Crippen LogP) is 0.0955. The summed E-state index contributed by atoms with van der Waals surface area (Å²) in [4.78, 5) is 14.3. The summed E-state index contributed by atoms with van der Waals surface area (Å²) in [6.45, 7) is 2.51. The molecule has 1 aromatic rings. The minimum atomic E-state index is -0.772. The number of rotatable bonds is 4. The van der Waals surface area contributed by atoms with Crippen LogP contribution in [0.15, 0.2) is 12.4 Å². The molecular weight excluding hydrogens is 172 g/mol. The van der Waals surface area contributed by atoms with Crippen molar-refractivity contribution >= 4 is 5.97 Å². The molecule has 1 heterocycles. The minimum absolute atomic E-state index is 0. The van der Waals surface area contributed by atoms with Crippen LogP contribution in [0.4, 0.5) is 0 Å². The normalized spacial score (nSPS) is 9.31. The first-order valence-corrected chi connectivity index (χ1v) is 3.96. The van der Waals surface area contributed by atoms with Gasteiger partial charge in [-0.2, -0.15) is 0 Å². The Hall–Kier alpha value is -1.36. The molecular formula is C8H14N2O3. The monoisotopic (exact) mass is 186 g/mol. The van der Waals surface area contributed by atoms with Crippen LogP contribution in [0, 0.1) is 0 Å². The molecule has 0 saturated carbocycles. The number of aryl methyl sites for hydroxylation is 2. The van der Waals surface area contributed by atoms with E-state index in [1.807, 2.05) is 17.7 Å². The number of aliphatic carboxylic acids is 1. The molecule has 1 rings (SSSR count). The van der Waals surface area contributed by atoms with Gasteiger partial charge in [-0.05, 0) is 0 Å². The molecule has 0 aliphatic carbocycles. The lowest BCUT2D eigenvalue weighted by Gasteiger charge is -2.02. The maximum atomic E-state index is 10.3. The summed E-state index contributed by atoms with van der Waals surface area (Å²) in [5, 5.41) is 8.44. The van der Waals surface area contributed by atoms with Crippen LogP contribution in [0.2, 0.25) is 0 Å². The Balaban J connectivity index is 0.00000144. The van der Waals surface area contributed by atoms with Crippen LogP contribution >= 0.6 is 0 Å². The van der Waals surface area contributed by atoms with Crippen molar-refractivity contribution in [2.45, 2.75) is 26.3 Å². The first kappa shape index (κ1) is 11.6. The topological polar surface area (TPSA) is 86.6 Å². The molecule has 5 heteroatoms. The van der Waals surface area contributed by atoms with Crippen molar-refractivity contribution in [1.82, 2.24) is 9.55 Å². The number of carbonyl (C=O) groups is 1.